The minimum atomic E-state index is -1.68. The van der Waals surface area contributed by atoms with E-state index in [2.05, 4.69) is 77.7 Å². The Morgan fingerprint density at radius 3 is 1.80 bits per heavy atom. The van der Waals surface area contributed by atoms with Crippen LogP contribution in [-0.4, -0.2) is 27.9 Å². The second-order valence-electron chi connectivity index (χ2n) is 7.58. The lowest BCUT2D eigenvalue weighted by Gasteiger charge is -2.38. The Morgan fingerprint density at radius 2 is 1.30 bits per heavy atom. The van der Waals surface area contributed by atoms with Crippen LogP contribution in [0.5, 0.6) is 0 Å². The molecule has 0 bridgehead atoms. The number of benzene rings is 3. The van der Waals surface area contributed by atoms with Gasteiger partial charge in [-0.15, -0.1) is 0 Å². The van der Waals surface area contributed by atoms with E-state index in [9.17, 15) is 4.21 Å². The fourth-order valence-electron chi connectivity index (χ4n) is 3.94. The predicted molar refractivity (Wildman–Crippen MR) is 120 cm³/mol. The topological polar surface area (TPSA) is 38.8 Å². The van der Waals surface area contributed by atoms with E-state index < -0.39 is 11.4 Å². The number of hydrogen-bond donors (Lipinski definition) is 0. The lowest BCUT2D eigenvalue weighted by Crippen LogP contribution is -2.47. The maximum atomic E-state index is 12.0. The van der Waals surface area contributed by atoms with Gasteiger partial charge in [0.15, 0.2) is 0 Å². The summed E-state index contributed by atoms with van der Waals surface area (Å²) in [6, 6.07) is 31.5. The van der Waals surface area contributed by atoms with Gasteiger partial charge in [0.1, 0.15) is 0 Å². The summed E-state index contributed by atoms with van der Waals surface area (Å²) >= 11 is -1.68. The molecule has 1 heterocycles. The van der Waals surface area contributed by atoms with Gasteiger partial charge in [-0.1, -0.05) is 91.0 Å². The van der Waals surface area contributed by atoms with Crippen molar-refractivity contribution in [2.75, 3.05) is 6.61 Å². The molecule has 0 unspecified atom stereocenters. The van der Waals surface area contributed by atoms with Gasteiger partial charge < -0.3 is 0 Å². The molecule has 1 aliphatic rings. The van der Waals surface area contributed by atoms with Crippen LogP contribution in [0.2, 0.25) is 0 Å². The Balaban J connectivity index is 1.65. The molecule has 0 aromatic heterocycles. The highest BCUT2D eigenvalue weighted by molar-refractivity contribution is 7.75. The Bertz CT molecular complexity index is 879. The summed E-state index contributed by atoms with van der Waals surface area (Å²) in [5, 5.41) is 0. The van der Waals surface area contributed by atoms with Crippen molar-refractivity contribution < 1.29 is 12.6 Å². The molecule has 3 aromatic rings. The molecule has 1 saturated heterocycles. The highest BCUT2D eigenvalue weighted by Crippen LogP contribution is 2.25. The zero-order valence-electron chi connectivity index (χ0n) is 16.9. The van der Waals surface area contributed by atoms with Crippen LogP contribution in [0.1, 0.15) is 23.1 Å². The summed E-state index contributed by atoms with van der Waals surface area (Å²) < 4.78 is 23.0. The van der Waals surface area contributed by atoms with Crippen LogP contribution in [0.3, 0.4) is 0 Å². The smallest absolute Gasteiger partial charge is 0.289 e. The van der Waals surface area contributed by atoms with Crippen molar-refractivity contribution in [1.29, 1.82) is 0 Å². The van der Waals surface area contributed by atoms with Crippen molar-refractivity contribution in [1.82, 2.24) is 4.90 Å². The van der Waals surface area contributed by atoms with Crippen molar-refractivity contribution in [2.45, 2.75) is 38.1 Å². The normalized spacial score (nSPS) is 20.2. The van der Waals surface area contributed by atoms with Gasteiger partial charge in [0, 0.05) is 25.6 Å². The summed E-state index contributed by atoms with van der Waals surface area (Å²) in [6.45, 7) is 2.04. The van der Waals surface area contributed by atoms with Gasteiger partial charge in [-0.3, -0.25) is 13.3 Å². The third kappa shape index (κ3) is 5.86. The first-order valence-electron chi connectivity index (χ1n) is 10.4. The van der Waals surface area contributed by atoms with Gasteiger partial charge >= 0.3 is 11.4 Å². The molecule has 0 amide bonds. The summed E-state index contributed by atoms with van der Waals surface area (Å²) in [5.41, 5.74) is 3.74. The largest absolute Gasteiger partial charge is 0.304 e. The molecule has 1 fully saturated rings. The molecule has 3 atom stereocenters. The monoisotopic (exact) mass is 421 g/mol. The first kappa shape index (κ1) is 20.9. The van der Waals surface area contributed by atoms with Gasteiger partial charge in [0.25, 0.3) is 0 Å². The Labute approximate surface area is 181 Å². The third-order valence-electron chi connectivity index (χ3n) is 5.43. The molecule has 0 saturated carbocycles. The highest BCUT2D eigenvalue weighted by atomic mass is 32.2. The molecule has 156 valence electrons. The van der Waals surface area contributed by atoms with E-state index in [4.69, 9.17) is 8.37 Å². The fraction of sp³-hybridized carbons (Fsp3) is 0.280. The minimum Gasteiger partial charge on any atom is -0.289 e. The molecule has 0 radical (unpaired) electrons. The predicted octanol–water partition coefficient (Wildman–Crippen LogP) is 4.68. The first-order chi connectivity index (χ1) is 14.8. The standard InChI is InChI=1S/C25H27NO3S/c27-30-28-17-16-25(29-30)24(18-21-10-4-1-5-11-21)26(19-22-12-6-2-7-13-22)20-23-14-8-3-9-15-23/h1-15,24-25H,16-20H2/t24-,25-,30+/m0/s1. The number of rotatable bonds is 8. The quantitative estimate of drug-likeness (QED) is 0.529. The molecule has 1 aliphatic heterocycles. The number of nitrogens with zero attached hydrogens (tertiary/aromatic N) is 1. The van der Waals surface area contributed by atoms with Crippen LogP contribution >= 0.6 is 0 Å². The van der Waals surface area contributed by atoms with Gasteiger partial charge in [-0.25, -0.2) is 0 Å². The summed E-state index contributed by atoms with van der Waals surface area (Å²) in [4.78, 5) is 2.45. The average molecular weight is 422 g/mol. The fourth-order valence-corrected chi connectivity index (χ4v) is 4.66. The molecular formula is C25H27NO3S. The van der Waals surface area contributed by atoms with E-state index in [-0.39, 0.29) is 12.1 Å². The van der Waals surface area contributed by atoms with Gasteiger partial charge in [-0.2, -0.15) is 4.21 Å². The van der Waals surface area contributed by atoms with E-state index in [1.165, 1.54) is 16.7 Å². The maximum absolute atomic E-state index is 12.0. The van der Waals surface area contributed by atoms with E-state index >= 15 is 0 Å². The third-order valence-corrected chi connectivity index (χ3v) is 6.19. The molecular weight excluding hydrogens is 394 g/mol. The summed E-state index contributed by atoms with van der Waals surface area (Å²) in [5.74, 6) is 0. The van der Waals surface area contributed by atoms with E-state index in [0.717, 1.165) is 25.9 Å². The van der Waals surface area contributed by atoms with Crippen molar-refractivity contribution in [2.24, 2.45) is 0 Å². The summed E-state index contributed by atoms with van der Waals surface area (Å²) in [7, 11) is 0. The van der Waals surface area contributed by atoms with Crippen molar-refractivity contribution in [3.05, 3.63) is 108 Å². The van der Waals surface area contributed by atoms with Crippen molar-refractivity contribution in [3.8, 4) is 0 Å². The molecule has 4 nitrogen and oxygen atoms in total. The molecule has 0 spiro atoms. The highest BCUT2D eigenvalue weighted by Gasteiger charge is 2.33. The molecule has 0 N–H and O–H groups in total. The second kappa shape index (κ2) is 10.6. The minimum absolute atomic E-state index is 0.0701. The first-order valence-corrected chi connectivity index (χ1v) is 11.4. The summed E-state index contributed by atoms with van der Waals surface area (Å²) in [6.07, 6.45) is 1.39. The average Bonchev–Trinajstić information content (AvgIpc) is 2.79. The van der Waals surface area contributed by atoms with Gasteiger partial charge in [0.05, 0.1) is 12.7 Å². The zero-order chi connectivity index (χ0) is 20.6. The Morgan fingerprint density at radius 1 is 0.800 bits per heavy atom. The van der Waals surface area contributed by atoms with E-state index in [1.807, 2.05) is 18.2 Å². The van der Waals surface area contributed by atoms with Crippen LogP contribution in [-0.2, 0) is 39.2 Å². The lowest BCUT2D eigenvalue weighted by molar-refractivity contribution is 0.0219. The molecule has 3 aromatic carbocycles. The maximum Gasteiger partial charge on any atom is 0.304 e. The molecule has 0 aliphatic carbocycles. The lowest BCUT2D eigenvalue weighted by atomic mass is 9.96. The van der Waals surface area contributed by atoms with Crippen LogP contribution in [0.15, 0.2) is 91.0 Å². The van der Waals surface area contributed by atoms with Crippen molar-refractivity contribution in [3.63, 3.8) is 0 Å². The Kier molecular flexibility index (Phi) is 7.43. The van der Waals surface area contributed by atoms with Crippen LogP contribution in [0.4, 0.5) is 0 Å². The zero-order valence-corrected chi connectivity index (χ0v) is 17.7. The SMILES string of the molecule is O=[S@@]1OCC[C@@H]([C@H](Cc2ccccc2)N(Cc2ccccc2)Cc2ccccc2)O1. The second-order valence-corrected chi connectivity index (χ2v) is 8.42. The van der Waals surface area contributed by atoms with E-state index in [1.54, 1.807) is 0 Å². The molecule has 4 rings (SSSR count). The van der Waals surface area contributed by atoms with Crippen LogP contribution in [0, 0.1) is 0 Å². The van der Waals surface area contributed by atoms with Gasteiger partial charge in [-0.05, 0) is 23.1 Å². The Hall–Kier alpha value is -2.31. The molecule has 5 heteroatoms. The molecule has 30 heavy (non-hydrogen) atoms. The van der Waals surface area contributed by atoms with Gasteiger partial charge in [0.2, 0.25) is 0 Å². The van der Waals surface area contributed by atoms with Crippen molar-refractivity contribution >= 4 is 11.4 Å². The van der Waals surface area contributed by atoms with E-state index in [0.29, 0.717) is 6.61 Å². The number of hydrogen-bond acceptors (Lipinski definition) is 4. The van der Waals surface area contributed by atoms with Crippen LogP contribution < -0.4 is 0 Å². The van der Waals surface area contributed by atoms with Crippen LogP contribution in [0.25, 0.3) is 0 Å².